The Kier molecular flexibility index (Phi) is 10.5. The number of nitrogens with zero attached hydrogens (tertiary/aromatic N) is 3. The van der Waals surface area contributed by atoms with Crippen molar-refractivity contribution >= 4 is 41.5 Å². The van der Waals surface area contributed by atoms with E-state index in [9.17, 15) is 14.9 Å². The molecule has 1 aromatic rings. The van der Waals surface area contributed by atoms with E-state index in [1.165, 1.54) is 31.4 Å². The molecule has 1 amide bonds. The van der Waals surface area contributed by atoms with Crippen molar-refractivity contribution in [1.29, 1.82) is 0 Å². The number of non-ortho nitro benzene ring substituents is 1. The summed E-state index contributed by atoms with van der Waals surface area (Å²) in [5.41, 5.74) is 1.02. The fourth-order valence-corrected chi connectivity index (χ4v) is 4.17. The molecule has 2 N–H and O–H groups in total. The number of hydrogen-bond donors (Lipinski definition) is 2. The Morgan fingerprint density at radius 1 is 1.23 bits per heavy atom. The summed E-state index contributed by atoms with van der Waals surface area (Å²) in [6.45, 7) is 5.14. The summed E-state index contributed by atoms with van der Waals surface area (Å²) in [6, 6.07) is 6.94. The van der Waals surface area contributed by atoms with E-state index in [1.54, 1.807) is 12.1 Å². The summed E-state index contributed by atoms with van der Waals surface area (Å²) in [7, 11) is 0. The molecule has 3 rings (SSSR count). The summed E-state index contributed by atoms with van der Waals surface area (Å²) in [6.07, 6.45) is 7.41. The fraction of sp³-hybridized carbons (Fsp3) is 0.636. The summed E-state index contributed by atoms with van der Waals surface area (Å²) in [5, 5.41) is 17.8. The van der Waals surface area contributed by atoms with Crippen LogP contribution in [-0.2, 0) is 11.3 Å². The highest BCUT2D eigenvalue weighted by Gasteiger charge is 2.22. The van der Waals surface area contributed by atoms with Crippen molar-refractivity contribution in [3.8, 4) is 0 Å². The Balaban J connectivity index is 0.00000341. The van der Waals surface area contributed by atoms with Gasteiger partial charge in [0, 0.05) is 44.2 Å². The second kappa shape index (κ2) is 12.8. The predicted octanol–water partition coefficient (Wildman–Crippen LogP) is 3.84. The maximum Gasteiger partial charge on any atom is 0.269 e. The van der Waals surface area contributed by atoms with Gasteiger partial charge in [-0.1, -0.05) is 31.9 Å². The second-order valence-corrected chi connectivity index (χ2v) is 8.37. The number of hydrogen-bond acceptors (Lipinski definition) is 4. The minimum atomic E-state index is -0.392. The van der Waals surface area contributed by atoms with Crippen LogP contribution in [0, 0.1) is 16.0 Å². The van der Waals surface area contributed by atoms with Crippen LogP contribution in [0.2, 0.25) is 0 Å². The Labute approximate surface area is 201 Å². The van der Waals surface area contributed by atoms with Crippen LogP contribution >= 0.6 is 24.0 Å². The van der Waals surface area contributed by atoms with Crippen LogP contribution < -0.4 is 10.6 Å². The minimum Gasteiger partial charge on any atom is -0.356 e. The largest absolute Gasteiger partial charge is 0.356 e. The van der Waals surface area contributed by atoms with Crippen LogP contribution in [0.15, 0.2) is 29.3 Å². The highest BCUT2D eigenvalue weighted by atomic mass is 127. The van der Waals surface area contributed by atoms with Gasteiger partial charge in [-0.2, -0.15) is 0 Å². The number of carbonyl (C=O) groups is 1. The van der Waals surface area contributed by atoms with Crippen LogP contribution in [0.5, 0.6) is 0 Å². The lowest BCUT2D eigenvalue weighted by atomic mass is 9.86. The molecule has 2 fully saturated rings. The zero-order valence-electron chi connectivity index (χ0n) is 18.2. The van der Waals surface area contributed by atoms with Gasteiger partial charge in [-0.15, -0.1) is 24.0 Å². The second-order valence-electron chi connectivity index (χ2n) is 8.37. The molecule has 1 saturated carbocycles. The molecule has 1 saturated heterocycles. The van der Waals surface area contributed by atoms with Crippen LogP contribution in [0.3, 0.4) is 0 Å². The number of guanidine groups is 1. The van der Waals surface area contributed by atoms with Crippen molar-refractivity contribution in [3.05, 3.63) is 39.9 Å². The molecule has 2 unspecified atom stereocenters. The molecular formula is C22H34IN5O3. The number of likely N-dealkylation sites (tertiary alicyclic amines) is 1. The van der Waals surface area contributed by atoms with Gasteiger partial charge in [0.05, 0.1) is 11.5 Å². The van der Waals surface area contributed by atoms with E-state index < -0.39 is 4.92 Å². The molecule has 31 heavy (non-hydrogen) atoms. The first-order valence-electron chi connectivity index (χ1n) is 11.1. The smallest absolute Gasteiger partial charge is 0.269 e. The number of halogens is 1. The molecule has 2 aliphatic rings. The van der Waals surface area contributed by atoms with E-state index >= 15 is 0 Å². The van der Waals surface area contributed by atoms with E-state index in [-0.39, 0.29) is 35.6 Å². The minimum absolute atomic E-state index is 0. The predicted molar refractivity (Wildman–Crippen MR) is 133 cm³/mol. The SMILES string of the molecule is CC1CCCCC1NC(=NCc1ccc([N+](=O)[O-])cc1)NCCCN1CCCC1=O.I. The van der Waals surface area contributed by atoms with E-state index in [4.69, 9.17) is 4.99 Å². The third-order valence-corrected chi connectivity index (χ3v) is 6.07. The molecule has 0 bridgehead atoms. The van der Waals surface area contributed by atoms with Gasteiger partial charge in [0.25, 0.3) is 5.69 Å². The van der Waals surface area contributed by atoms with Crippen LogP contribution in [-0.4, -0.2) is 47.4 Å². The molecule has 0 spiro atoms. The van der Waals surface area contributed by atoms with Crippen LogP contribution in [0.1, 0.15) is 57.4 Å². The highest BCUT2D eigenvalue weighted by Crippen LogP contribution is 2.23. The third kappa shape index (κ3) is 7.93. The first-order valence-corrected chi connectivity index (χ1v) is 11.1. The Hall–Kier alpha value is -1.91. The van der Waals surface area contributed by atoms with Crippen LogP contribution in [0.4, 0.5) is 5.69 Å². The molecule has 2 atom stereocenters. The molecule has 0 aromatic heterocycles. The molecule has 0 radical (unpaired) electrons. The van der Waals surface area contributed by atoms with Gasteiger partial charge in [0.2, 0.25) is 5.91 Å². The van der Waals surface area contributed by atoms with Crippen molar-refractivity contribution < 1.29 is 9.72 Å². The summed E-state index contributed by atoms with van der Waals surface area (Å²) >= 11 is 0. The number of nitro groups is 1. The molecule has 1 heterocycles. The summed E-state index contributed by atoms with van der Waals surface area (Å²) in [5.74, 6) is 1.64. The van der Waals surface area contributed by atoms with Crippen molar-refractivity contribution in [1.82, 2.24) is 15.5 Å². The van der Waals surface area contributed by atoms with E-state index in [0.717, 1.165) is 50.4 Å². The summed E-state index contributed by atoms with van der Waals surface area (Å²) < 4.78 is 0. The number of amides is 1. The summed E-state index contributed by atoms with van der Waals surface area (Å²) in [4.78, 5) is 28.9. The normalized spacial score (nSPS) is 21.5. The quantitative estimate of drug-likeness (QED) is 0.130. The van der Waals surface area contributed by atoms with Gasteiger partial charge in [-0.3, -0.25) is 14.9 Å². The average molecular weight is 543 g/mol. The lowest BCUT2D eigenvalue weighted by Gasteiger charge is -2.31. The maximum absolute atomic E-state index is 11.8. The number of benzene rings is 1. The van der Waals surface area contributed by atoms with Gasteiger partial charge >= 0.3 is 0 Å². The Morgan fingerprint density at radius 3 is 2.61 bits per heavy atom. The lowest BCUT2D eigenvalue weighted by molar-refractivity contribution is -0.384. The first kappa shape index (κ1) is 25.4. The van der Waals surface area contributed by atoms with Crippen molar-refractivity contribution in [2.45, 2.75) is 64.5 Å². The molecule has 1 aromatic carbocycles. The van der Waals surface area contributed by atoms with Gasteiger partial charge in [-0.05, 0) is 37.2 Å². The average Bonchev–Trinajstić information content (AvgIpc) is 3.15. The number of rotatable bonds is 8. The standard InChI is InChI=1S/C22H33N5O3.HI/c1-17-6-2-3-7-20(17)25-22(23-13-5-15-26-14-4-8-21(26)28)24-16-18-9-11-19(12-10-18)27(29)30;/h9-12,17,20H,2-8,13-16H2,1H3,(H2,23,24,25);1H. The molecule has 1 aliphatic carbocycles. The van der Waals surface area contributed by atoms with Gasteiger partial charge in [0.1, 0.15) is 0 Å². The molecule has 9 heteroatoms. The number of nitro benzene ring substituents is 1. The topological polar surface area (TPSA) is 99.9 Å². The zero-order chi connectivity index (χ0) is 21.3. The number of nitrogens with one attached hydrogen (secondary N) is 2. The first-order chi connectivity index (χ1) is 14.5. The molecule has 1 aliphatic heterocycles. The molecule has 8 nitrogen and oxygen atoms in total. The highest BCUT2D eigenvalue weighted by molar-refractivity contribution is 14.0. The third-order valence-electron chi connectivity index (χ3n) is 6.07. The Bertz CT molecular complexity index is 756. The lowest BCUT2D eigenvalue weighted by Crippen LogP contribution is -2.47. The maximum atomic E-state index is 11.8. The van der Waals surface area contributed by atoms with Crippen molar-refractivity contribution in [2.75, 3.05) is 19.6 Å². The number of carbonyl (C=O) groups excluding carboxylic acids is 1. The molecular weight excluding hydrogens is 509 g/mol. The van der Waals surface area contributed by atoms with Gasteiger partial charge in [0.15, 0.2) is 5.96 Å². The van der Waals surface area contributed by atoms with Crippen LogP contribution in [0.25, 0.3) is 0 Å². The van der Waals surface area contributed by atoms with Crippen molar-refractivity contribution in [2.24, 2.45) is 10.9 Å². The van der Waals surface area contributed by atoms with Gasteiger partial charge in [-0.25, -0.2) is 4.99 Å². The zero-order valence-corrected chi connectivity index (χ0v) is 20.5. The van der Waals surface area contributed by atoms with E-state index in [1.807, 2.05) is 4.90 Å². The fourth-order valence-electron chi connectivity index (χ4n) is 4.17. The van der Waals surface area contributed by atoms with E-state index in [0.29, 0.717) is 24.9 Å². The molecule has 172 valence electrons. The number of aliphatic imine (C=N–C) groups is 1. The van der Waals surface area contributed by atoms with Gasteiger partial charge < -0.3 is 15.5 Å². The Morgan fingerprint density at radius 2 is 1.97 bits per heavy atom. The van der Waals surface area contributed by atoms with E-state index in [2.05, 4.69) is 17.6 Å². The van der Waals surface area contributed by atoms with Crippen molar-refractivity contribution in [3.63, 3.8) is 0 Å². The monoisotopic (exact) mass is 543 g/mol.